The molecule has 0 radical (unpaired) electrons. The van der Waals surface area contributed by atoms with Crippen molar-refractivity contribution in [3.05, 3.63) is 63.2 Å². The number of aliphatic carboxylic acids is 1. The van der Waals surface area contributed by atoms with Crippen LogP contribution >= 0.6 is 11.6 Å². The molecule has 27 heavy (non-hydrogen) atoms. The molecule has 2 aromatic carbocycles. The summed E-state index contributed by atoms with van der Waals surface area (Å²) in [6, 6.07) is 11.6. The summed E-state index contributed by atoms with van der Waals surface area (Å²) in [7, 11) is 0. The number of nitrogens with zero attached hydrogens (tertiary/aromatic N) is 2. The van der Waals surface area contributed by atoms with Gasteiger partial charge in [0.15, 0.2) is 0 Å². The lowest BCUT2D eigenvalue weighted by atomic mass is 9.97. The number of piperidine rings is 1. The van der Waals surface area contributed by atoms with E-state index in [-0.39, 0.29) is 22.4 Å². The number of hydrogen-bond acceptors (Lipinski definition) is 5. The predicted molar refractivity (Wildman–Crippen MR) is 100 cm³/mol. The minimum absolute atomic E-state index is 0.132. The molecule has 0 atom stereocenters. The standard InChI is InChI=1S/C19H19ClN2O5/c20-15-3-6-18(17(11-15)22(25)26)27-16-4-1-13(2-5-16)12-21-9-7-14(8-10-21)19(23)24/h1-6,11,14H,7-10,12H2,(H,23,24). The molecule has 0 saturated carbocycles. The first-order chi connectivity index (χ1) is 12.9. The molecule has 8 heteroatoms. The Hall–Kier alpha value is -2.64. The molecule has 3 rings (SSSR count). The summed E-state index contributed by atoms with van der Waals surface area (Å²) < 4.78 is 5.63. The molecule has 0 spiro atoms. The van der Waals surface area contributed by atoms with Crippen LogP contribution in [0.3, 0.4) is 0 Å². The van der Waals surface area contributed by atoms with Crippen molar-refractivity contribution in [3.63, 3.8) is 0 Å². The number of halogens is 1. The average Bonchev–Trinajstić information content (AvgIpc) is 2.65. The summed E-state index contributed by atoms with van der Waals surface area (Å²) >= 11 is 5.81. The number of nitro benzene ring substituents is 1. The van der Waals surface area contributed by atoms with E-state index in [4.69, 9.17) is 21.4 Å². The van der Waals surface area contributed by atoms with Crippen LogP contribution in [0.15, 0.2) is 42.5 Å². The molecule has 1 heterocycles. The minimum atomic E-state index is -0.715. The van der Waals surface area contributed by atoms with Gasteiger partial charge in [0.25, 0.3) is 0 Å². The highest BCUT2D eigenvalue weighted by Gasteiger charge is 2.24. The molecule has 1 saturated heterocycles. The Morgan fingerprint density at radius 3 is 2.48 bits per heavy atom. The van der Waals surface area contributed by atoms with E-state index in [1.54, 1.807) is 18.2 Å². The van der Waals surface area contributed by atoms with Crippen LogP contribution in [0, 0.1) is 16.0 Å². The SMILES string of the molecule is O=C(O)C1CCN(Cc2ccc(Oc3ccc(Cl)cc3[N+](=O)[O-])cc2)CC1. The van der Waals surface area contributed by atoms with Crippen molar-refractivity contribution in [3.8, 4) is 11.5 Å². The van der Waals surface area contributed by atoms with E-state index in [1.807, 2.05) is 12.1 Å². The number of benzene rings is 2. The second-order valence-corrected chi connectivity index (χ2v) is 6.94. The number of hydrogen-bond donors (Lipinski definition) is 1. The summed E-state index contributed by atoms with van der Waals surface area (Å²) in [5.41, 5.74) is 0.884. The highest BCUT2D eigenvalue weighted by atomic mass is 35.5. The van der Waals surface area contributed by atoms with Crippen LogP contribution in [-0.2, 0) is 11.3 Å². The third-order valence-corrected chi connectivity index (χ3v) is 4.85. The van der Waals surface area contributed by atoms with Gasteiger partial charge in [0.1, 0.15) is 5.75 Å². The van der Waals surface area contributed by atoms with Gasteiger partial charge in [-0.3, -0.25) is 19.8 Å². The molecule has 0 aromatic heterocycles. The predicted octanol–water partition coefficient (Wildman–Crippen LogP) is 4.34. The first kappa shape index (κ1) is 19.1. The number of ether oxygens (including phenoxy) is 1. The van der Waals surface area contributed by atoms with Crippen LogP contribution in [0.25, 0.3) is 0 Å². The molecule has 1 aliphatic heterocycles. The van der Waals surface area contributed by atoms with E-state index in [9.17, 15) is 14.9 Å². The first-order valence-corrected chi connectivity index (χ1v) is 8.96. The van der Waals surface area contributed by atoms with E-state index in [0.717, 1.165) is 25.2 Å². The summed E-state index contributed by atoms with van der Waals surface area (Å²) in [6.07, 6.45) is 1.33. The van der Waals surface area contributed by atoms with Gasteiger partial charge in [-0.15, -0.1) is 0 Å². The second kappa shape index (κ2) is 8.37. The van der Waals surface area contributed by atoms with Crippen molar-refractivity contribution in [1.82, 2.24) is 4.90 Å². The van der Waals surface area contributed by atoms with Gasteiger partial charge in [0.2, 0.25) is 5.75 Å². The number of carboxylic acid groups (broad SMARTS) is 1. The van der Waals surface area contributed by atoms with E-state index < -0.39 is 10.9 Å². The summed E-state index contributed by atoms with van der Waals surface area (Å²) in [5, 5.41) is 20.5. The van der Waals surface area contributed by atoms with Gasteiger partial charge < -0.3 is 9.84 Å². The maximum atomic E-state index is 11.1. The summed E-state index contributed by atoms with van der Waals surface area (Å²) in [4.78, 5) is 23.8. The van der Waals surface area contributed by atoms with Gasteiger partial charge in [-0.05, 0) is 55.8 Å². The van der Waals surface area contributed by atoms with Crippen molar-refractivity contribution < 1.29 is 19.6 Å². The number of carbonyl (C=O) groups is 1. The third kappa shape index (κ3) is 4.96. The maximum Gasteiger partial charge on any atom is 0.313 e. The molecule has 0 bridgehead atoms. The first-order valence-electron chi connectivity index (χ1n) is 8.58. The van der Waals surface area contributed by atoms with Crippen LogP contribution in [0.4, 0.5) is 5.69 Å². The van der Waals surface area contributed by atoms with Gasteiger partial charge in [-0.1, -0.05) is 23.7 Å². The second-order valence-electron chi connectivity index (χ2n) is 6.50. The van der Waals surface area contributed by atoms with E-state index in [0.29, 0.717) is 18.6 Å². The molecule has 1 aliphatic rings. The molecular weight excluding hydrogens is 372 g/mol. The summed E-state index contributed by atoms with van der Waals surface area (Å²) in [6.45, 7) is 2.24. The van der Waals surface area contributed by atoms with Gasteiger partial charge in [-0.25, -0.2) is 0 Å². The van der Waals surface area contributed by atoms with Gasteiger partial charge in [0, 0.05) is 17.6 Å². The number of carboxylic acids is 1. The zero-order valence-electron chi connectivity index (χ0n) is 14.5. The Balaban J connectivity index is 1.61. The van der Waals surface area contributed by atoms with E-state index >= 15 is 0 Å². The molecule has 0 aliphatic carbocycles. The summed E-state index contributed by atoms with van der Waals surface area (Å²) in [5.74, 6) is -0.332. The van der Waals surface area contributed by atoms with Crippen molar-refractivity contribution >= 4 is 23.3 Å². The number of nitro groups is 1. The molecule has 1 fully saturated rings. The molecule has 2 aromatic rings. The third-order valence-electron chi connectivity index (χ3n) is 4.61. The Morgan fingerprint density at radius 2 is 1.89 bits per heavy atom. The molecule has 7 nitrogen and oxygen atoms in total. The monoisotopic (exact) mass is 390 g/mol. The van der Waals surface area contributed by atoms with Crippen molar-refractivity contribution in [2.75, 3.05) is 13.1 Å². The van der Waals surface area contributed by atoms with E-state index in [1.165, 1.54) is 12.1 Å². The fourth-order valence-electron chi connectivity index (χ4n) is 3.11. The maximum absolute atomic E-state index is 11.1. The molecule has 0 amide bonds. The zero-order valence-corrected chi connectivity index (χ0v) is 15.3. The Kier molecular flexibility index (Phi) is 5.93. The van der Waals surface area contributed by atoms with Crippen LogP contribution in [0.5, 0.6) is 11.5 Å². The van der Waals surface area contributed by atoms with Crippen molar-refractivity contribution in [2.45, 2.75) is 19.4 Å². The van der Waals surface area contributed by atoms with Crippen LogP contribution in [0.2, 0.25) is 5.02 Å². The topological polar surface area (TPSA) is 92.9 Å². The van der Waals surface area contributed by atoms with Crippen LogP contribution in [0.1, 0.15) is 18.4 Å². The molecule has 0 unspecified atom stereocenters. The van der Waals surface area contributed by atoms with Gasteiger partial charge in [-0.2, -0.15) is 0 Å². The number of rotatable bonds is 6. The minimum Gasteiger partial charge on any atom is -0.481 e. The lowest BCUT2D eigenvalue weighted by molar-refractivity contribution is -0.385. The highest BCUT2D eigenvalue weighted by Crippen LogP contribution is 2.33. The lowest BCUT2D eigenvalue weighted by Gasteiger charge is -2.30. The van der Waals surface area contributed by atoms with Crippen molar-refractivity contribution in [1.29, 1.82) is 0 Å². The Labute approximate surface area is 161 Å². The zero-order chi connectivity index (χ0) is 19.4. The average molecular weight is 391 g/mol. The van der Waals surface area contributed by atoms with E-state index in [2.05, 4.69) is 4.90 Å². The fourth-order valence-corrected chi connectivity index (χ4v) is 3.27. The molecule has 1 N–H and O–H groups in total. The largest absolute Gasteiger partial charge is 0.481 e. The van der Waals surface area contributed by atoms with Gasteiger partial charge >= 0.3 is 11.7 Å². The normalized spacial score (nSPS) is 15.4. The lowest BCUT2D eigenvalue weighted by Crippen LogP contribution is -2.35. The molecule has 142 valence electrons. The molecular formula is C19H19ClN2O5. The van der Waals surface area contributed by atoms with Gasteiger partial charge in [0.05, 0.1) is 10.8 Å². The Bertz CT molecular complexity index is 832. The van der Waals surface area contributed by atoms with Crippen LogP contribution < -0.4 is 4.74 Å². The van der Waals surface area contributed by atoms with Crippen molar-refractivity contribution in [2.24, 2.45) is 5.92 Å². The Morgan fingerprint density at radius 1 is 1.22 bits per heavy atom. The smallest absolute Gasteiger partial charge is 0.313 e. The van der Waals surface area contributed by atoms with Crippen LogP contribution in [-0.4, -0.2) is 34.0 Å². The fraction of sp³-hybridized carbons (Fsp3) is 0.316. The number of likely N-dealkylation sites (tertiary alicyclic amines) is 1. The highest BCUT2D eigenvalue weighted by molar-refractivity contribution is 6.30. The quantitative estimate of drug-likeness (QED) is 0.582.